The Hall–Kier alpha value is -3.16. The summed E-state index contributed by atoms with van der Waals surface area (Å²) >= 11 is 0. The first-order chi connectivity index (χ1) is 14.5. The maximum atomic E-state index is 12.4. The molecule has 3 aliphatic rings. The minimum Gasteiger partial charge on any atom is -0.472 e. The Labute approximate surface area is 173 Å². The van der Waals surface area contributed by atoms with Crippen molar-refractivity contribution in [1.82, 2.24) is 0 Å². The van der Waals surface area contributed by atoms with Crippen molar-refractivity contribution in [2.45, 2.75) is 28.7 Å². The Kier molecular flexibility index (Phi) is 3.50. The number of benzene rings is 1. The fraction of sp³-hybridized carbons (Fsp3) is 0.174. The quantitative estimate of drug-likeness (QED) is 0.402. The predicted octanol–water partition coefficient (Wildman–Crippen LogP) is 3.83. The van der Waals surface area contributed by atoms with Crippen molar-refractivity contribution in [3.63, 3.8) is 0 Å². The zero-order chi connectivity index (χ0) is 20.5. The van der Waals surface area contributed by atoms with Gasteiger partial charge in [0.1, 0.15) is 0 Å². The van der Waals surface area contributed by atoms with Crippen LogP contribution in [0.15, 0.2) is 93.5 Å². The van der Waals surface area contributed by atoms with E-state index in [0.29, 0.717) is 12.0 Å². The predicted molar refractivity (Wildman–Crippen MR) is 106 cm³/mol. The topological polar surface area (TPSA) is 84.5 Å². The minimum atomic E-state index is -4.41. The van der Waals surface area contributed by atoms with Gasteiger partial charge in [-0.1, -0.05) is 18.2 Å². The Balaban J connectivity index is 1.77. The highest BCUT2D eigenvalue weighted by Gasteiger charge is 2.61. The molecule has 0 amide bonds. The molecule has 1 aliphatic carbocycles. The van der Waals surface area contributed by atoms with Crippen molar-refractivity contribution in [3.8, 4) is 0 Å². The largest absolute Gasteiger partial charge is 0.472 e. The molecule has 0 fully saturated rings. The van der Waals surface area contributed by atoms with E-state index in [1.165, 1.54) is 6.07 Å². The third-order valence-electron chi connectivity index (χ3n) is 6.66. The summed E-state index contributed by atoms with van der Waals surface area (Å²) in [6, 6.07) is 14.8. The van der Waals surface area contributed by atoms with E-state index in [1.807, 2.05) is 42.6 Å². The zero-order valence-electron chi connectivity index (χ0n) is 15.8. The highest BCUT2D eigenvalue weighted by molar-refractivity contribution is 7.85. The van der Waals surface area contributed by atoms with Crippen molar-refractivity contribution in [2.24, 2.45) is 0 Å². The summed E-state index contributed by atoms with van der Waals surface area (Å²) in [4.78, 5) is -0.0406. The van der Waals surface area contributed by atoms with E-state index >= 15 is 0 Å². The molecule has 0 saturated heterocycles. The van der Waals surface area contributed by atoms with Crippen LogP contribution in [0.3, 0.4) is 0 Å². The van der Waals surface area contributed by atoms with Gasteiger partial charge in [0.25, 0.3) is 10.1 Å². The van der Waals surface area contributed by atoms with Crippen molar-refractivity contribution >= 4 is 10.1 Å². The van der Waals surface area contributed by atoms with E-state index in [0.717, 1.165) is 22.4 Å². The van der Waals surface area contributed by atoms with Gasteiger partial charge in [-0.15, -0.1) is 0 Å². The van der Waals surface area contributed by atoms with Crippen molar-refractivity contribution < 1.29 is 26.4 Å². The lowest BCUT2D eigenvalue weighted by atomic mass is 9.54. The van der Waals surface area contributed by atoms with Crippen LogP contribution in [-0.2, 0) is 15.5 Å². The first-order valence-corrected chi connectivity index (χ1v) is 11.1. The number of aromatic nitrogens is 1. The molecule has 2 bridgehead atoms. The van der Waals surface area contributed by atoms with Crippen LogP contribution in [0.1, 0.15) is 46.3 Å². The average molecular weight is 420 g/mol. The lowest BCUT2D eigenvalue weighted by Crippen LogP contribution is -2.60. The first-order valence-electron chi connectivity index (χ1n) is 9.67. The molecule has 3 aromatic heterocycles. The lowest BCUT2D eigenvalue weighted by molar-refractivity contribution is -0.732. The summed E-state index contributed by atoms with van der Waals surface area (Å²) in [6.07, 6.45) is 9.45. The number of hydrogen-bond acceptors (Lipinski definition) is 4. The van der Waals surface area contributed by atoms with Gasteiger partial charge >= 0.3 is 0 Å². The fourth-order valence-electron chi connectivity index (χ4n) is 5.58. The third-order valence-corrected chi connectivity index (χ3v) is 7.57. The van der Waals surface area contributed by atoms with Crippen molar-refractivity contribution in [1.29, 1.82) is 0 Å². The number of rotatable bonds is 3. The first kappa shape index (κ1) is 17.7. The molecule has 2 unspecified atom stereocenters. The van der Waals surface area contributed by atoms with Gasteiger partial charge in [0.05, 0.1) is 41.3 Å². The molecule has 2 aliphatic heterocycles. The molecule has 1 N–H and O–H groups in total. The molecule has 5 heterocycles. The van der Waals surface area contributed by atoms with Gasteiger partial charge in [0.15, 0.2) is 17.9 Å². The van der Waals surface area contributed by atoms with Crippen LogP contribution in [0.5, 0.6) is 0 Å². The third kappa shape index (κ3) is 2.16. The molecule has 7 rings (SSSR count). The molecule has 0 spiro atoms. The van der Waals surface area contributed by atoms with Crippen LogP contribution in [0, 0.1) is 0 Å². The van der Waals surface area contributed by atoms with E-state index in [2.05, 4.69) is 4.57 Å². The van der Waals surface area contributed by atoms with E-state index in [-0.39, 0.29) is 16.9 Å². The highest BCUT2D eigenvalue weighted by Crippen LogP contribution is 2.60. The lowest BCUT2D eigenvalue weighted by Gasteiger charge is -2.48. The van der Waals surface area contributed by atoms with Gasteiger partial charge in [0, 0.05) is 35.2 Å². The number of furan rings is 2. The van der Waals surface area contributed by atoms with Gasteiger partial charge in [-0.25, -0.2) is 0 Å². The molecule has 0 radical (unpaired) electrons. The Morgan fingerprint density at radius 2 is 1.70 bits per heavy atom. The second-order valence-corrected chi connectivity index (χ2v) is 9.31. The molecular formula is C23H18NO5S+. The number of nitrogens with zero attached hydrogens (tertiary/aromatic N) is 1. The molecule has 6 nitrogen and oxygen atoms in total. The van der Waals surface area contributed by atoms with E-state index in [1.54, 1.807) is 31.1 Å². The summed E-state index contributed by atoms with van der Waals surface area (Å²) in [5, 5.41) is 0. The Morgan fingerprint density at radius 3 is 2.33 bits per heavy atom. The second kappa shape index (κ2) is 5.93. The molecule has 7 heteroatoms. The Morgan fingerprint density at radius 1 is 0.967 bits per heavy atom. The van der Waals surface area contributed by atoms with Crippen LogP contribution < -0.4 is 4.57 Å². The van der Waals surface area contributed by atoms with Crippen LogP contribution in [-0.4, -0.2) is 13.0 Å². The fourth-order valence-corrected chi connectivity index (χ4v) is 6.35. The number of hydrogen-bond donors (Lipinski definition) is 1. The normalized spacial score (nSPS) is 21.2. The number of fused-ring (bicyclic) bond motifs is 1. The maximum Gasteiger partial charge on any atom is 0.294 e. The van der Waals surface area contributed by atoms with Gasteiger partial charge < -0.3 is 8.83 Å². The molecule has 4 aromatic rings. The Bertz CT molecular complexity index is 1320. The molecule has 2 atom stereocenters. The van der Waals surface area contributed by atoms with Gasteiger partial charge in [-0.3, -0.25) is 4.55 Å². The standard InChI is InChI=1S/C23H17NO5S/c25-30(26,27)20-6-3-4-17-19-12-23(15-7-10-28-13-15,16-8-11-29-14-16)22(21(17)20)18-5-1-2-9-24(18)19/h1-11,13-14,19,22H,12H2/p+1. The van der Waals surface area contributed by atoms with Crippen LogP contribution in [0.4, 0.5) is 0 Å². The smallest absolute Gasteiger partial charge is 0.294 e. The monoisotopic (exact) mass is 420 g/mol. The maximum absolute atomic E-state index is 12.4. The van der Waals surface area contributed by atoms with Gasteiger partial charge in [-0.05, 0) is 23.8 Å². The summed E-state index contributed by atoms with van der Waals surface area (Å²) in [7, 11) is -4.41. The zero-order valence-corrected chi connectivity index (χ0v) is 16.6. The van der Waals surface area contributed by atoms with E-state index < -0.39 is 15.5 Å². The molecule has 30 heavy (non-hydrogen) atoms. The molecule has 1 aromatic carbocycles. The highest BCUT2D eigenvalue weighted by atomic mass is 32.2. The average Bonchev–Trinajstić information content (AvgIpc) is 3.47. The van der Waals surface area contributed by atoms with Gasteiger partial charge in [0.2, 0.25) is 0 Å². The summed E-state index contributed by atoms with van der Waals surface area (Å²) < 4.78 is 48.0. The van der Waals surface area contributed by atoms with E-state index in [4.69, 9.17) is 8.83 Å². The summed E-state index contributed by atoms with van der Waals surface area (Å²) in [6.45, 7) is 0. The van der Waals surface area contributed by atoms with Crippen molar-refractivity contribution in [2.75, 3.05) is 0 Å². The number of pyridine rings is 1. The molecule has 150 valence electrons. The summed E-state index contributed by atoms with van der Waals surface area (Å²) in [5.74, 6) is -0.355. The van der Waals surface area contributed by atoms with E-state index in [9.17, 15) is 13.0 Å². The van der Waals surface area contributed by atoms with Gasteiger partial charge in [-0.2, -0.15) is 13.0 Å². The van der Waals surface area contributed by atoms with Crippen LogP contribution in [0.2, 0.25) is 0 Å². The second-order valence-electron chi connectivity index (χ2n) is 7.92. The summed E-state index contributed by atoms with van der Waals surface area (Å²) in [5.41, 5.74) is 3.85. The van der Waals surface area contributed by atoms with Crippen LogP contribution >= 0.6 is 0 Å². The minimum absolute atomic E-state index is 0.0406. The molecule has 0 saturated carbocycles. The molecular weight excluding hydrogens is 402 g/mol. The SMILES string of the molecule is O=S(=O)(O)c1cccc2c1C1c3cccc[n+]3C2CC1(c1ccoc1)c1ccoc1. The van der Waals surface area contributed by atoms with Crippen LogP contribution in [0.25, 0.3) is 0 Å². The van der Waals surface area contributed by atoms with Crippen molar-refractivity contribution in [3.05, 3.63) is 108 Å².